The van der Waals surface area contributed by atoms with Crippen molar-refractivity contribution < 1.29 is 9.59 Å². The van der Waals surface area contributed by atoms with E-state index in [9.17, 15) is 14.4 Å². The summed E-state index contributed by atoms with van der Waals surface area (Å²) in [6, 6.07) is 8.58. The Morgan fingerprint density at radius 3 is 2.56 bits per heavy atom. The second-order valence-corrected chi connectivity index (χ2v) is 5.60. The Bertz CT molecular complexity index is 1000. The standard InChI is InChI=1S/C17H17N5O3/c1-21-13-6-5-12(8-14(13)22(2)17(21)25)20-16(24)15(23)19-10-11-4-3-7-18-9-11/h3-9H,10H2,1-2H3,(H,19,23)(H,20,24). The molecule has 0 saturated carbocycles. The summed E-state index contributed by atoms with van der Waals surface area (Å²) >= 11 is 0. The van der Waals surface area contributed by atoms with Gasteiger partial charge in [0.05, 0.1) is 11.0 Å². The lowest BCUT2D eigenvalue weighted by atomic mass is 10.2. The van der Waals surface area contributed by atoms with Crippen molar-refractivity contribution >= 4 is 28.5 Å². The number of nitrogens with zero attached hydrogens (tertiary/aromatic N) is 3. The zero-order valence-corrected chi connectivity index (χ0v) is 13.8. The predicted molar refractivity (Wildman–Crippen MR) is 92.9 cm³/mol. The van der Waals surface area contributed by atoms with Gasteiger partial charge in [0.2, 0.25) is 0 Å². The predicted octanol–water partition coefficient (Wildman–Crippen LogP) is 0.527. The van der Waals surface area contributed by atoms with Gasteiger partial charge in [0.25, 0.3) is 0 Å². The van der Waals surface area contributed by atoms with Crippen molar-refractivity contribution in [3.05, 3.63) is 58.8 Å². The Hall–Kier alpha value is -3.42. The summed E-state index contributed by atoms with van der Waals surface area (Å²) in [5.74, 6) is -1.52. The molecule has 8 nitrogen and oxygen atoms in total. The molecule has 0 aliphatic rings. The number of carbonyl (C=O) groups excluding carboxylic acids is 2. The molecular weight excluding hydrogens is 322 g/mol. The van der Waals surface area contributed by atoms with Crippen LogP contribution in [-0.4, -0.2) is 25.9 Å². The van der Waals surface area contributed by atoms with Crippen molar-refractivity contribution in [2.45, 2.75) is 6.54 Å². The van der Waals surface area contributed by atoms with Crippen LogP contribution in [0.3, 0.4) is 0 Å². The highest BCUT2D eigenvalue weighted by Crippen LogP contribution is 2.17. The Labute approximate surface area is 143 Å². The second-order valence-electron chi connectivity index (χ2n) is 5.60. The molecule has 2 aromatic heterocycles. The molecule has 3 rings (SSSR count). The third kappa shape index (κ3) is 3.27. The fourth-order valence-electron chi connectivity index (χ4n) is 2.54. The minimum absolute atomic E-state index is 0.160. The number of hydrogen-bond donors (Lipinski definition) is 2. The minimum atomic E-state index is -0.774. The average molecular weight is 339 g/mol. The molecule has 0 spiro atoms. The molecule has 2 N–H and O–H groups in total. The maximum Gasteiger partial charge on any atom is 0.328 e. The van der Waals surface area contributed by atoms with Gasteiger partial charge in [-0.3, -0.25) is 23.7 Å². The Morgan fingerprint density at radius 2 is 1.84 bits per heavy atom. The molecule has 0 bridgehead atoms. The van der Waals surface area contributed by atoms with Gasteiger partial charge in [-0.2, -0.15) is 0 Å². The van der Waals surface area contributed by atoms with E-state index >= 15 is 0 Å². The van der Waals surface area contributed by atoms with Gasteiger partial charge in [-0.15, -0.1) is 0 Å². The number of rotatable bonds is 3. The molecule has 0 radical (unpaired) electrons. The van der Waals surface area contributed by atoms with Crippen LogP contribution in [0.2, 0.25) is 0 Å². The number of imidazole rings is 1. The SMILES string of the molecule is Cn1c(=O)n(C)c2cc(NC(=O)C(=O)NCc3cccnc3)ccc21. The number of benzene rings is 1. The molecule has 2 amide bonds. The second kappa shape index (κ2) is 6.60. The number of carbonyl (C=O) groups is 2. The number of hydrogen-bond acceptors (Lipinski definition) is 4. The summed E-state index contributed by atoms with van der Waals surface area (Å²) in [7, 11) is 3.33. The molecule has 1 aromatic carbocycles. The van der Waals surface area contributed by atoms with Gasteiger partial charge in [0, 0.05) is 38.7 Å². The lowest BCUT2D eigenvalue weighted by molar-refractivity contribution is -0.136. The van der Waals surface area contributed by atoms with Crippen molar-refractivity contribution in [3.63, 3.8) is 0 Å². The largest absolute Gasteiger partial charge is 0.344 e. The van der Waals surface area contributed by atoms with Crippen molar-refractivity contribution in [2.24, 2.45) is 14.1 Å². The van der Waals surface area contributed by atoms with Gasteiger partial charge >= 0.3 is 17.5 Å². The lowest BCUT2D eigenvalue weighted by Gasteiger charge is -2.07. The van der Waals surface area contributed by atoms with Gasteiger partial charge in [0.1, 0.15) is 0 Å². The highest BCUT2D eigenvalue weighted by molar-refractivity contribution is 6.39. The Kier molecular flexibility index (Phi) is 4.34. The van der Waals surface area contributed by atoms with E-state index in [4.69, 9.17) is 0 Å². The van der Waals surface area contributed by atoms with Gasteiger partial charge in [-0.1, -0.05) is 6.07 Å². The van der Waals surface area contributed by atoms with Crippen LogP contribution >= 0.6 is 0 Å². The number of pyridine rings is 1. The number of amides is 2. The van der Waals surface area contributed by atoms with Gasteiger partial charge < -0.3 is 10.6 Å². The molecule has 2 heterocycles. The summed E-state index contributed by atoms with van der Waals surface area (Å²) in [6.45, 7) is 0.215. The van der Waals surface area contributed by atoms with E-state index in [0.717, 1.165) is 11.1 Å². The zero-order chi connectivity index (χ0) is 18.0. The molecule has 0 aliphatic heterocycles. The maximum atomic E-state index is 12.0. The highest BCUT2D eigenvalue weighted by atomic mass is 16.2. The molecule has 0 fully saturated rings. The molecular formula is C17H17N5O3. The Morgan fingerprint density at radius 1 is 1.08 bits per heavy atom. The Balaban J connectivity index is 1.70. The third-order valence-corrected chi connectivity index (χ3v) is 3.91. The van der Waals surface area contributed by atoms with Crippen molar-refractivity contribution in [1.29, 1.82) is 0 Å². The van der Waals surface area contributed by atoms with Crippen molar-refractivity contribution in [2.75, 3.05) is 5.32 Å². The molecule has 0 atom stereocenters. The molecule has 8 heteroatoms. The number of aromatic nitrogens is 3. The molecule has 0 unspecified atom stereocenters. The van der Waals surface area contributed by atoms with E-state index in [1.165, 1.54) is 9.13 Å². The van der Waals surface area contributed by atoms with E-state index in [2.05, 4.69) is 15.6 Å². The summed E-state index contributed by atoms with van der Waals surface area (Å²) in [5.41, 5.74) is 2.49. The first-order valence-electron chi connectivity index (χ1n) is 7.61. The normalized spacial score (nSPS) is 10.6. The summed E-state index contributed by atoms with van der Waals surface area (Å²) in [5, 5.41) is 5.07. The number of nitrogens with one attached hydrogen (secondary N) is 2. The van der Waals surface area contributed by atoms with E-state index < -0.39 is 11.8 Å². The van der Waals surface area contributed by atoms with Crippen molar-refractivity contribution in [1.82, 2.24) is 19.4 Å². The topological polar surface area (TPSA) is 98.0 Å². The quantitative estimate of drug-likeness (QED) is 0.680. The third-order valence-electron chi connectivity index (χ3n) is 3.91. The summed E-state index contributed by atoms with van der Waals surface area (Å²) in [6.07, 6.45) is 3.24. The van der Waals surface area contributed by atoms with Crippen molar-refractivity contribution in [3.8, 4) is 0 Å². The van der Waals surface area contributed by atoms with Gasteiger partial charge in [-0.25, -0.2) is 4.79 Å². The summed E-state index contributed by atoms with van der Waals surface area (Å²) in [4.78, 5) is 39.8. The molecule has 3 aromatic rings. The molecule has 0 aliphatic carbocycles. The smallest absolute Gasteiger partial charge is 0.328 e. The van der Waals surface area contributed by atoms with E-state index in [-0.39, 0.29) is 12.2 Å². The number of anilines is 1. The van der Waals surface area contributed by atoms with Gasteiger partial charge in [-0.05, 0) is 29.8 Å². The van der Waals surface area contributed by atoms with Crippen LogP contribution in [0, 0.1) is 0 Å². The van der Waals surface area contributed by atoms with E-state index in [1.807, 2.05) is 0 Å². The average Bonchev–Trinajstić information content (AvgIpc) is 2.84. The van der Waals surface area contributed by atoms with Crippen LogP contribution in [0.5, 0.6) is 0 Å². The molecule has 0 saturated heterocycles. The van der Waals surface area contributed by atoms with Crippen LogP contribution in [0.4, 0.5) is 5.69 Å². The summed E-state index contributed by atoms with van der Waals surface area (Å²) < 4.78 is 3.00. The fourth-order valence-corrected chi connectivity index (χ4v) is 2.54. The first-order chi connectivity index (χ1) is 12.0. The van der Waals surface area contributed by atoms with Crippen LogP contribution in [0.25, 0.3) is 11.0 Å². The van der Waals surface area contributed by atoms with E-state index in [1.54, 1.807) is 56.8 Å². The first kappa shape index (κ1) is 16.4. The highest BCUT2D eigenvalue weighted by Gasteiger charge is 2.15. The fraction of sp³-hybridized carbons (Fsp3) is 0.176. The van der Waals surface area contributed by atoms with Crippen LogP contribution in [-0.2, 0) is 30.2 Å². The number of aryl methyl sites for hydroxylation is 2. The van der Waals surface area contributed by atoms with Crippen LogP contribution in [0.1, 0.15) is 5.56 Å². The monoisotopic (exact) mass is 339 g/mol. The molecule has 25 heavy (non-hydrogen) atoms. The van der Waals surface area contributed by atoms with Gasteiger partial charge in [0.15, 0.2) is 0 Å². The maximum absolute atomic E-state index is 12.0. The van der Waals surface area contributed by atoms with Crippen LogP contribution in [0.15, 0.2) is 47.5 Å². The lowest BCUT2D eigenvalue weighted by Crippen LogP contribution is -2.34. The number of fused-ring (bicyclic) bond motifs is 1. The zero-order valence-electron chi connectivity index (χ0n) is 13.8. The molecule has 128 valence electrons. The van der Waals surface area contributed by atoms with Crippen LogP contribution < -0.4 is 16.3 Å². The first-order valence-corrected chi connectivity index (χ1v) is 7.61. The minimum Gasteiger partial charge on any atom is -0.344 e. The van der Waals surface area contributed by atoms with E-state index in [0.29, 0.717) is 11.2 Å².